The second-order valence-electron chi connectivity index (χ2n) is 4.14. The van der Waals surface area contributed by atoms with Crippen LogP contribution >= 0.6 is 27.7 Å². The van der Waals surface area contributed by atoms with Crippen LogP contribution in [0.1, 0.15) is 30.1 Å². The largest absolute Gasteiger partial charge is 0.293 e. The molecule has 1 aromatic rings. The van der Waals surface area contributed by atoms with Gasteiger partial charge in [0.25, 0.3) is 0 Å². The smallest absolute Gasteiger partial charge is 0.181 e. The van der Waals surface area contributed by atoms with Crippen LogP contribution in [0.15, 0.2) is 22.7 Å². The van der Waals surface area contributed by atoms with E-state index in [1.54, 1.807) is 23.9 Å². The number of ketones is 1. The average Bonchev–Trinajstić information content (AvgIpc) is 2.66. The van der Waals surface area contributed by atoms with Crippen LogP contribution in [-0.2, 0) is 0 Å². The van der Waals surface area contributed by atoms with Crippen LogP contribution in [0.4, 0.5) is 4.39 Å². The minimum atomic E-state index is -0.437. The second-order valence-corrected chi connectivity index (χ2v) is 6.65. The van der Waals surface area contributed by atoms with Gasteiger partial charge < -0.3 is 0 Å². The fraction of sp³-hybridized carbons (Fsp3) is 0.417. The Balaban J connectivity index is 2.33. The number of hydrogen-bond donors (Lipinski definition) is 0. The minimum Gasteiger partial charge on any atom is -0.293 e. The predicted molar refractivity (Wildman–Crippen MR) is 68.5 cm³/mol. The number of hydrogen-bond acceptors (Lipinski definition) is 2. The van der Waals surface area contributed by atoms with E-state index in [4.69, 9.17) is 0 Å². The van der Waals surface area contributed by atoms with Crippen molar-refractivity contribution in [2.45, 2.75) is 24.5 Å². The molecule has 1 unspecified atom stereocenters. The number of Topliss-reactive ketones (excluding diaryl/α,β-unsaturated/α-hetero) is 1. The summed E-state index contributed by atoms with van der Waals surface area (Å²) in [7, 11) is 0. The molecule has 16 heavy (non-hydrogen) atoms. The fourth-order valence-corrected chi connectivity index (χ4v) is 3.52. The highest BCUT2D eigenvalue weighted by atomic mass is 79.9. The second kappa shape index (κ2) is 4.49. The van der Waals surface area contributed by atoms with Crippen LogP contribution in [0.25, 0.3) is 0 Å². The van der Waals surface area contributed by atoms with E-state index in [-0.39, 0.29) is 11.3 Å². The molecule has 0 radical (unpaired) electrons. The number of halogens is 2. The molecule has 1 aromatic carbocycles. The summed E-state index contributed by atoms with van der Waals surface area (Å²) in [5.41, 5.74) is 0.208. The Morgan fingerprint density at radius 3 is 2.88 bits per heavy atom. The number of carbonyl (C=O) groups excluding carboxylic acids is 1. The molecule has 4 heteroatoms. The molecule has 0 bridgehead atoms. The van der Waals surface area contributed by atoms with E-state index in [1.807, 2.05) is 6.92 Å². The summed E-state index contributed by atoms with van der Waals surface area (Å²) < 4.78 is 13.9. The van der Waals surface area contributed by atoms with Crippen molar-refractivity contribution in [3.63, 3.8) is 0 Å². The third-order valence-electron chi connectivity index (χ3n) is 2.87. The Bertz CT molecular complexity index is 427. The molecule has 1 atom stereocenters. The molecule has 1 aliphatic rings. The van der Waals surface area contributed by atoms with Crippen molar-refractivity contribution >= 4 is 33.5 Å². The lowest BCUT2D eigenvalue weighted by atomic mass is 9.94. The van der Waals surface area contributed by atoms with Crippen LogP contribution in [-0.4, -0.2) is 16.3 Å². The molecule has 1 heterocycles. The molecule has 1 nitrogen and oxygen atoms in total. The van der Waals surface area contributed by atoms with Crippen molar-refractivity contribution in [3.05, 3.63) is 34.1 Å². The predicted octanol–water partition coefficient (Wildman–Crippen LogP) is 4.06. The molecule has 0 N–H and O–H groups in total. The molecule has 1 saturated heterocycles. The van der Waals surface area contributed by atoms with Gasteiger partial charge in [0.2, 0.25) is 0 Å². The van der Waals surface area contributed by atoms with Gasteiger partial charge in [-0.05, 0) is 43.7 Å². The van der Waals surface area contributed by atoms with E-state index >= 15 is 0 Å². The first kappa shape index (κ1) is 12.1. The van der Waals surface area contributed by atoms with Crippen LogP contribution in [0, 0.1) is 5.82 Å². The zero-order valence-corrected chi connectivity index (χ0v) is 11.3. The third kappa shape index (κ3) is 2.18. The summed E-state index contributed by atoms with van der Waals surface area (Å²) in [6, 6.07) is 4.61. The number of rotatable bonds is 2. The van der Waals surface area contributed by atoms with E-state index in [9.17, 15) is 9.18 Å². The lowest BCUT2D eigenvalue weighted by molar-refractivity contribution is 0.0945. The molecule has 2 rings (SSSR count). The minimum absolute atomic E-state index is 0.0833. The van der Waals surface area contributed by atoms with Gasteiger partial charge in [-0.3, -0.25) is 4.79 Å². The first-order valence-electron chi connectivity index (χ1n) is 5.17. The van der Waals surface area contributed by atoms with Crippen molar-refractivity contribution in [1.82, 2.24) is 0 Å². The van der Waals surface area contributed by atoms with Crippen molar-refractivity contribution in [2.75, 3.05) is 5.75 Å². The van der Waals surface area contributed by atoms with Gasteiger partial charge >= 0.3 is 0 Å². The molecule has 0 saturated carbocycles. The standard InChI is InChI=1S/C12H12BrFOS/c1-12(5-2-6-16-12)11(15)9-4-3-8(13)7-10(9)14/h3-4,7H,2,5-6H2,1H3. The number of benzene rings is 1. The maximum absolute atomic E-state index is 13.7. The maximum Gasteiger partial charge on any atom is 0.181 e. The molecule has 0 aliphatic carbocycles. The van der Waals surface area contributed by atoms with Crippen LogP contribution in [0.3, 0.4) is 0 Å². The fourth-order valence-electron chi connectivity index (χ4n) is 1.92. The Morgan fingerprint density at radius 1 is 1.56 bits per heavy atom. The molecule has 86 valence electrons. The van der Waals surface area contributed by atoms with Crippen molar-refractivity contribution in [3.8, 4) is 0 Å². The zero-order valence-electron chi connectivity index (χ0n) is 8.93. The highest BCUT2D eigenvalue weighted by Crippen LogP contribution is 2.40. The van der Waals surface area contributed by atoms with Gasteiger partial charge in [0, 0.05) is 4.47 Å². The van der Waals surface area contributed by atoms with Crippen molar-refractivity contribution in [1.29, 1.82) is 0 Å². The lowest BCUT2D eigenvalue weighted by Gasteiger charge is -2.21. The zero-order chi connectivity index (χ0) is 11.8. The summed E-state index contributed by atoms with van der Waals surface area (Å²) in [5, 5.41) is 0. The normalized spacial score (nSPS) is 24.7. The highest BCUT2D eigenvalue weighted by molar-refractivity contribution is 9.10. The summed E-state index contributed by atoms with van der Waals surface area (Å²) in [6.07, 6.45) is 1.87. The van der Waals surface area contributed by atoms with Gasteiger partial charge in [0.05, 0.1) is 10.3 Å². The molecule has 1 aliphatic heterocycles. The van der Waals surface area contributed by atoms with E-state index in [0.717, 1.165) is 18.6 Å². The van der Waals surface area contributed by atoms with Crippen LogP contribution in [0.5, 0.6) is 0 Å². The monoisotopic (exact) mass is 302 g/mol. The quantitative estimate of drug-likeness (QED) is 0.767. The molecule has 0 aromatic heterocycles. The Morgan fingerprint density at radius 2 is 2.31 bits per heavy atom. The maximum atomic E-state index is 13.7. The van der Waals surface area contributed by atoms with Gasteiger partial charge in [-0.1, -0.05) is 15.9 Å². The molecule has 0 spiro atoms. The van der Waals surface area contributed by atoms with E-state index in [2.05, 4.69) is 15.9 Å². The van der Waals surface area contributed by atoms with Gasteiger partial charge in [0.1, 0.15) is 5.82 Å². The average molecular weight is 303 g/mol. The van der Waals surface area contributed by atoms with Gasteiger partial charge in [0.15, 0.2) is 5.78 Å². The summed E-state index contributed by atoms with van der Waals surface area (Å²) in [5.74, 6) is 0.466. The number of thioether (sulfide) groups is 1. The summed E-state index contributed by atoms with van der Waals surface area (Å²) in [6.45, 7) is 1.91. The molecule has 0 amide bonds. The topological polar surface area (TPSA) is 17.1 Å². The Hall–Kier alpha value is -0.350. The van der Waals surface area contributed by atoms with Crippen LogP contribution in [0.2, 0.25) is 0 Å². The molecule has 1 fully saturated rings. The molecular formula is C12H12BrFOS. The van der Waals surface area contributed by atoms with Crippen molar-refractivity contribution in [2.24, 2.45) is 0 Å². The van der Waals surface area contributed by atoms with E-state index < -0.39 is 10.6 Å². The number of carbonyl (C=O) groups is 1. The summed E-state index contributed by atoms with van der Waals surface area (Å²) >= 11 is 4.82. The SMILES string of the molecule is CC1(C(=O)c2ccc(Br)cc2F)CCCS1. The van der Waals surface area contributed by atoms with Crippen molar-refractivity contribution < 1.29 is 9.18 Å². The third-order valence-corrected chi connectivity index (χ3v) is 4.89. The van der Waals surface area contributed by atoms with Gasteiger partial charge in [-0.2, -0.15) is 0 Å². The Kier molecular flexibility index (Phi) is 3.40. The Labute approximate surface area is 107 Å². The van der Waals surface area contributed by atoms with Crippen LogP contribution < -0.4 is 0 Å². The van der Waals surface area contributed by atoms with E-state index in [1.165, 1.54) is 6.07 Å². The summed E-state index contributed by atoms with van der Waals surface area (Å²) in [4.78, 5) is 12.2. The highest BCUT2D eigenvalue weighted by Gasteiger charge is 2.38. The molecular weight excluding hydrogens is 291 g/mol. The van der Waals surface area contributed by atoms with Gasteiger partial charge in [-0.15, -0.1) is 11.8 Å². The lowest BCUT2D eigenvalue weighted by Crippen LogP contribution is -2.29. The van der Waals surface area contributed by atoms with E-state index in [0.29, 0.717) is 4.47 Å². The first-order valence-corrected chi connectivity index (χ1v) is 6.95. The van der Waals surface area contributed by atoms with Gasteiger partial charge in [-0.25, -0.2) is 4.39 Å². The first-order chi connectivity index (χ1) is 7.53.